The first-order chi connectivity index (χ1) is 12.9. The lowest BCUT2D eigenvalue weighted by atomic mass is 10.1. The summed E-state index contributed by atoms with van der Waals surface area (Å²) in [5, 5.41) is 15.5. The van der Waals surface area contributed by atoms with E-state index in [4.69, 9.17) is 4.74 Å². The maximum Gasteiger partial charge on any atom is 0.283 e. The normalized spacial score (nSPS) is 15.0. The van der Waals surface area contributed by atoms with Crippen molar-refractivity contribution in [3.8, 4) is 5.75 Å². The van der Waals surface area contributed by atoms with E-state index in [0.717, 1.165) is 10.6 Å². The number of nitrogens with zero attached hydrogens (tertiary/aromatic N) is 3. The van der Waals surface area contributed by atoms with E-state index in [9.17, 15) is 19.7 Å². The monoisotopic (exact) mass is 365 g/mol. The maximum absolute atomic E-state index is 12.6. The Morgan fingerprint density at radius 2 is 1.78 bits per heavy atom. The van der Waals surface area contributed by atoms with E-state index in [1.165, 1.54) is 24.3 Å². The molecule has 8 heteroatoms. The summed E-state index contributed by atoms with van der Waals surface area (Å²) in [7, 11) is 1.56. The van der Waals surface area contributed by atoms with Crippen molar-refractivity contribution < 1.29 is 19.2 Å². The summed E-state index contributed by atoms with van der Waals surface area (Å²) in [5.74, 6) is -0.505. The molecule has 0 N–H and O–H groups in total. The number of ether oxygens (including phenoxy) is 1. The van der Waals surface area contributed by atoms with Crippen LogP contribution in [0, 0.1) is 10.1 Å². The average molecular weight is 365 g/mol. The van der Waals surface area contributed by atoms with Crippen molar-refractivity contribution >= 4 is 29.3 Å². The fourth-order valence-corrected chi connectivity index (χ4v) is 2.54. The van der Waals surface area contributed by atoms with Crippen LogP contribution in [0.3, 0.4) is 0 Å². The zero-order chi connectivity index (χ0) is 19.6. The fraction of sp³-hybridized carbons (Fsp3) is 0.105. The van der Waals surface area contributed by atoms with Crippen LogP contribution in [0.1, 0.15) is 22.8 Å². The van der Waals surface area contributed by atoms with Gasteiger partial charge in [-0.3, -0.25) is 19.7 Å². The van der Waals surface area contributed by atoms with Gasteiger partial charge in [-0.2, -0.15) is 10.1 Å². The Morgan fingerprint density at radius 1 is 1.15 bits per heavy atom. The smallest absolute Gasteiger partial charge is 0.283 e. The Hall–Kier alpha value is -3.81. The van der Waals surface area contributed by atoms with Gasteiger partial charge in [-0.25, -0.2) is 0 Å². The van der Waals surface area contributed by atoms with Crippen LogP contribution >= 0.6 is 0 Å². The lowest BCUT2D eigenvalue weighted by Gasteiger charge is -2.09. The van der Waals surface area contributed by atoms with Crippen molar-refractivity contribution in [1.82, 2.24) is 5.01 Å². The number of non-ortho nitro benzene ring substituents is 1. The average Bonchev–Trinajstić information content (AvgIpc) is 2.96. The number of rotatable bonds is 4. The number of benzene rings is 2. The molecule has 0 unspecified atom stereocenters. The summed E-state index contributed by atoms with van der Waals surface area (Å²) in [4.78, 5) is 35.3. The Bertz CT molecular complexity index is 975. The number of hydrazone groups is 1. The van der Waals surface area contributed by atoms with Crippen LogP contribution in [0.25, 0.3) is 6.08 Å². The number of hydrogen-bond donors (Lipinski definition) is 0. The molecule has 136 valence electrons. The second-order valence-electron chi connectivity index (χ2n) is 5.74. The first-order valence-electron chi connectivity index (χ1n) is 7.95. The minimum Gasteiger partial charge on any atom is -0.497 e. The molecule has 0 aromatic heterocycles. The number of nitro groups is 1. The van der Waals surface area contributed by atoms with Gasteiger partial charge in [-0.1, -0.05) is 12.1 Å². The van der Waals surface area contributed by atoms with E-state index in [1.54, 1.807) is 44.4 Å². The van der Waals surface area contributed by atoms with Gasteiger partial charge >= 0.3 is 0 Å². The number of carbonyl (C=O) groups excluding carboxylic acids is 2. The summed E-state index contributed by atoms with van der Waals surface area (Å²) in [6.07, 6.45) is 1.64. The van der Waals surface area contributed by atoms with Crippen LogP contribution in [0.15, 0.2) is 59.2 Å². The zero-order valence-electron chi connectivity index (χ0n) is 14.6. The molecule has 1 aliphatic rings. The van der Waals surface area contributed by atoms with Gasteiger partial charge in [-0.05, 0) is 42.8 Å². The van der Waals surface area contributed by atoms with Crippen LogP contribution in [-0.4, -0.2) is 34.6 Å². The van der Waals surface area contributed by atoms with Crippen molar-refractivity contribution in [2.24, 2.45) is 5.10 Å². The highest BCUT2D eigenvalue weighted by Crippen LogP contribution is 2.22. The third-order valence-electron chi connectivity index (χ3n) is 4.01. The Morgan fingerprint density at radius 3 is 2.33 bits per heavy atom. The van der Waals surface area contributed by atoms with E-state index >= 15 is 0 Å². The van der Waals surface area contributed by atoms with Gasteiger partial charge in [0, 0.05) is 17.7 Å². The first kappa shape index (κ1) is 18.0. The summed E-state index contributed by atoms with van der Waals surface area (Å²) in [6, 6.07) is 12.1. The van der Waals surface area contributed by atoms with E-state index in [2.05, 4.69) is 5.10 Å². The number of amides is 2. The van der Waals surface area contributed by atoms with Crippen molar-refractivity contribution in [1.29, 1.82) is 0 Å². The SMILES string of the molecule is COc1ccc(/C=C2\C(=O)N(C(=O)c3ccc([N+](=O)[O-])cc3)N=C2C)cc1. The van der Waals surface area contributed by atoms with E-state index < -0.39 is 16.7 Å². The molecule has 2 aromatic carbocycles. The fourth-order valence-electron chi connectivity index (χ4n) is 2.54. The molecule has 2 aromatic rings. The van der Waals surface area contributed by atoms with Gasteiger partial charge in [0.1, 0.15) is 5.75 Å². The van der Waals surface area contributed by atoms with Gasteiger partial charge in [0.25, 0.3) is 17.5 Å². The molecule has 0 fully saturated rings. The van der Waals surface area contributed by atoms with Gasteiger partial charge < -0.3 is 4.74 Å². The van der Waals surface area contributed by atoms with Crippen LogP contribution in [0.5, 0.6) is 5.75 Å². The van der Waals surface area contributed by atoms with Crippen LogP contribution in [-0.2, 0) is 4.79 Å². The molecule has 8 nitrogen and oxygen atoms in total. The maximum atomic E-state index is 12.6. The Balaban J connectivity index is 1.84. The summed E-state index contributed by atoms with van der Waals surface area (Å²) in [6.45, 7) is 1.64. The van der Waals surface area contributed by atoms with Gasteiger partial charge in [0.15, 0.2) is 0 Å². The highest BCUT2D eigenvalue weighted by atomic mass is 16.6. The lowest BCUT2D eigenvalue weighted by Crippen LogP contribution is -2.29. The standard InChI is InChI=1S/C19H15N3O5/c1-12-17(11-13-3-9-16(27-2)10-4-13)19(24)21(20-12)18(23)14-5-7-15(8-6-14)22(25)26/h3-11H,1-2H3/b17-11-. The van der Waals surface area contributed by atoms with Crippen molar-refractivity contribution in [3.05, 3.63) is 75.3 Å². The third kappa shape index (κ3) is 3.59. The number of hydrogen-bond acceptors (Lipinski definition) is 6. The number of imide groups is 1. The first-order valence-corrected chi connectivity index (χ1v) is 7.95. The van der Waals surface area contributed by atoms with Gasteiger partial charge in [-0.15, -0.1) is 0 Å². The molecule has 1 heterocycles. The highest BCUT2D eigenvalue weighted by Gasteiger charge is 2.33. The number of carbonyl (C=O) groups is 2. The summed E-state index contributed by atoms with van der Waals surface area (Å²) in [5.41, 5.74) is 1.47. The quantitative estimate of drug-likeness (QED) is 0.359. The molecule has 2 amide bonds. The number of methoxy groups -OCH3 is 1. The van der Waals surface area contributed by atoms with Gasteiger partial charge in [0.05, 0.1) is 23.3 Å². The Kier molecular flexibility index (Phi) is 4.80. The van der Waals surface area contributed by atoms with Gasteiger partial charge in [0.2, 0.25) is 0 Å². The largest absolute Gasteiger partial charge is 0.497 e. The predicted octanol–water partition coefficient (Wildman–Crippen LogP) is 3.05. The van der Waals surface area contributed by atoms with Crippen LogP contribution in [0.4, 0.5) is 5.69 Å². The van der Waals surface area contributed by atoms with E-state index in [0.29, 0.717) is 17.0 Å². The predicted molar refractivity (Wildman–Crippen MR) is 98.4 cm³/mol. The molecular formula is C19H15N3O5. The second kappa shape index (κ2) is 7.20. The topological polar surface area (TPSA) is 102 Å². The molecule has 1 aliphatic heterocycles. The van der Waals surface area contributed by atoms with Crippen molar-refractivity contribution in [2.75, 3.05) is 7.11 Å². The molecule has 0 spiro atoms. The summed E-state index contributed by atoms with van der Waals surface area (Å²) < 4.78 is 5.10. The highest BCUT2D eigenvalue weighted by molar-refractivity contribution is 6.30. The van der Waals surface area contributed by atoms with E-state index in [-0.39, 0.29) is 11.3 Å². The lowest BCUT2D eigenvalue weighted by molar-refractivity contribution is -0.384. The molecule has 0 saturated carbocycles. The molecule has 0 atom stereocenters. The molecule has 0 aliphatic carbocycles. The van der Waals surface area contributed by atoms with Crippen LogP contribution < -0.4 is 4.74 Å². The summed E-state index contributed by atoms with van der Waals surface area (Å²) >= 11 is 0. The molecule has 3 rings (SSSR count). The van der Waals surface area contributed by atoms with Crippen molar-refractivity contribution in [3.63, 3.8) is 0 Å². The minimum atomic E-state index is -0.646. The van der Waals surface area contributed by atoms with E-state index in [1.807, 2.05) is 0 Å². The van der Waals surface area contributed by atoms with Crippen molar-refractivity contribution in [2.45, 2.75) is 6.92 Å². The minimum absolute atomic E-state index is 0.135. The molecule has 0 bridgehead atoms. The number of nitro benzene ring substituents is 1. The third-order valence-corrected chi connectivity index (χ3v) is 4.01. The second-order valence-corrected chi connectivity index (χ2v) is 5.74. The molecule has 27 heavy (non-hydrogen) atoms. The Labute approximate surface area is 154 Å². The molecular weight excluding hydrogens is 350 g/mol. The zero-order valence-corrected chi connectivity index (χ0v) is 14.6. The molecule has 0 radical (unpaired) electrons. The van der Waals surface area contributed by atoms with Crippen LogP contribution in [0.2, 0.25) is 0 Å². The molecule has 0 saturated heterocycles.